The van der Waals surface area contributed by atoms with Gasteiger partial charge in [0.15, 0.2) is 0 Å². The zero-order chi connectivity index (χ0) is 22.2. The average molecular weight is 441 g/mol. The summed E-state index contributed by atoms with van der Waals surface area (Å²) in [6, 6.07) is -1.12. The molecule has 3 saturated heterocycles. The Morgan fingerprint density at radius 1 is 1.37 bits per heavy atom. The lowest BCUT2D eigenvalue weighted by Gasteiger charge is -2.40. The molecule has 2 N–H and O–H groups in total. The second kappa shape index (κ2) is 9.07. The van der Waals surface area contributed by atoms with Crippen LogP contribution in [0.2, 0.25) is 0 Å². The maximum atomic E-state index is 13.7. The summed E-state index contributed by atoms with van der Waals surface area (Å²) in [6.45, 7) is 9.88. The lowest BCUT2D eigenvalue weighted by Crippen LogP contribution is -2.59. The molecule has 8 atom stereocenters. The number of hydrogen-bond acceptors (Lipinski definition) is 6. The first kappa shape index (κ1) is 23.4. The summed E-state index contributed by atoms with van der Waals surface area (Å²) in [5.41, 5.74) is 0. The number of esters is 1. The zero-order valence-electron chi connectivity index (χ0n) is 18.7. The van der Waals surface area contributed by atoms with Crippen molar-refractivity contribution in [3.8, 4) is 0 Å². The predicted molar refractivity (Wildman–Crippen MR) is 116 cm³/mol. The van der Waals surface area contributed by atoms with Crippen molar-refractivity contribution in [2.45, 2.75) is 88.4 Å². The van der Waals surface area contributed by atoms with Crippen LogP contribution in [0.5, 0.6) is 0 Å². The van der Waals surface area contributed by atoms with Gasteiger partial charge >= 0.3 is 5.97 Å². The molecule has 4 unspecified atom stereocenters. The molecule has 0 aromatic heterocycles. The van der Waals surface area contributed by atoms with E-state index in [1.807, 2.05) is 13.8 Å². The number of rotatable bonds is 9. The molecule has 3 rings (SSSR count). The Balaban J connectivity index is 2.04. The maximum absolute atomic E-state index is 13.7. The van der Waals surface area contributed by atoms with E-state index in [1.165, 1.54) is 0 Å². The molecule has 3 fully saturated rings. The van der Waals surface area contributed by atoms with E-state index in [1.54, 1.807) is 23.6 Å². The van der Waals surface area contributed by atoms with Gasteiger partial charge in [0.2, 0.25) is 11.8 Å². The highest BCUT2D eigenvalue weighted by molar-refractivity contribution is 8.02. The van der Waals surface area contributed by atoms with Crippen LogP contribution in [0, 0.1) is 17.8 Å². The molecular weight excluding hydrogens is 404 g/mol. The quantitative estimate of drug-likeness (QED) is 0.532. The van der Waals surface area contributed by atoms with Crippen LogP contribution in [-0.4, -0.2) is 69.1 Å². The molecule has 2 amide bonds. The number of likely N-dealkylation sites (tertiary alicyclic amines) is 1. The van der Waals surface area contributed by atoms with Crippen LogP contribution in [0.25, 0.3) is 0 Å². The van der Waals surface area contributed by atoms with Crippen LogP contribution in [0.15, 0.2) is 0 Å². The number of aliphatic hydroxyl groups excluding tert-OH is 1. The summed E-state index contributed by atoms with van der Waals surface area (Å²) in [4.78, 5) is 41.7. The van der Waals surface area contributed by atoms with Gasteiger partial charge in [0, 0.05) is 11.3 Å². The minimum Gasteiger partial charge on any atom is -0.466 e. The standard InChI is InChI=1S/C22H36N2O5S/c1-6-9-13(5)23-19(26)18-22-12(4)10-15(30-22)16(21(28)29-8-3)17(22)20(27)24(18)14(7-2)11-25/h12-18,25H,6-11H2,1-5H3,(H,23,26)/t12?,13?,14-,15+,16-,17-,18?,22?/m0/s1. The summed E-state index contributed by atoms with van der Waals surface area (Å²) in [7, 11) is 0. The molecule has 0 aromatic rings. The van der Waals surface area contributed by atoms with Crippen molar-refractivity contribution in [1.29, 1.82) is 0 Å². The molecule has 30 heavy (non-hydrogen) atoms. The summed E-state index contributed by atoms with van der Waals surface area (Å²) in [6.07, 6.45) is 3.15. The minimum absolute atomic E-state index is 0.00358. The zero-order valence-corrected chi connectivity index (χ0v) is 19.5. The second-order valence-corrected chi connectivity index (χ2v) is 10.5. The Kier molecular flexibility index (Phi) is 7.07. The first-order valence-electron chi connectivity index (χ1n) is 11.4. The highest BCUT2D eigenvalue weighted by Crippen LogP contribution is 2.68. The van der Waals surface area contributed by atoms with E-state index in [-0.39, 0.29) is 48.2 Å². The Morgan fingerprint density at radius 3 is 2.63 bits per heavy atom. The number of carbonyl (C=O) groups is 3. The van der Waals surface area contributed by atoms with E-state index >= 15 is 0 Å². The molecule has 1 spiro atoms. The van der Waals surface area contributed by atoms with Crippen molar-refractivity contribution in [3.63, 3.8) is 0 Å². The lowest BCUT2D eigenvalue weighted by molar-refractivity contribution is -0.154. The van der Waals surface area contributed by atoms with Gasteiger partial charge in [-0.1, -0.05) is 27.2 Å². The highest BCUT2D eigenvalue weighted by Gasteiger charge is 2.76. The van der Waals surface area contributed by atoms with Crippen LogP contribution in [0.1, 0.15) is 60.3 Å². The largest absolute Gasteiger partial charge is 0.466 e. The highest BCUT2D eigenvalue weighted by atomic mass is 32.2. The van der Waals surface area contributed by atoms with Crippen molar-refractivity contribution in [1.82, 2.24) is 10.2 Å². The Morgan fingerprint density at radius 2 is 2.07 bits per heavy atom. The number of thioether (sulfide) groups is 1. The van der Waals surface area contributed by atoms with Gasteiger partial charge in [0.05, 0.1) is 35.8 Å². The van der Waals surface area contributed by atoms with Gasteiger partial charge in [0.1, 0.15) is 6.04 Å². The molecule has 3 aliphatic heterocycles. The van der Waals surface area contributed by atoms with Crippen molar-refractivity contribution in [2.75, 3.05) is 13.2 Å². The average Bonchev–Trinajstić information content (AvgIpc) is 3.27. The number of nitrogens with zero attached hydrogens (tertiary/aromatic N) is 1. The topological polar surface area (TPSA) is 95.9 Å². The van der Waals surface area contributed by atoms with Crippen LogP contribution < -0.4 is 5.32 Å². The lowest BCUT2D eigenvalue weighted by atomic mass is 9.66. The van der Waals surface area contributed by atoms with E-state index in [0.29, 0.717) is 6.42 Å². The van der Waals surface area contributed by atoms with Crippen molar-refractivity contribution >= 4 is 29.5 Å². The fraction of sp³-hybridized carbons (Fsp3) is 0.864. The van der Waals surface area contributed by atoms with E-state index in [2.05, 4.69) is 19.2 Å². The third kappa shape index (κ3) is 3.44. The molecular formula is C22H36N2O5S. The first-order chi connectivity index (χ1) is 14.3. The number of hydrogen-bond donors (Lipinski definition) is 2. The van der Waals surface area contributed by atoms with Crippen molar-refractivity contribution < 1.29 is 24.2 Å². The van der Waals surface area contributed by atoms with Gasteiger partial charge in [-0.15, -0.1) is 11.8 Å². The molecule has 3 heterocycles. The number of amides is 2. The molecule has 8 heteroatoms. The van der Waals surface area contributed by atoms with Crippen LogP contribution in [0.3, 0.4) is 0 Å². The third-order valence-corrected chi connectivity index (χ3v) is 9.25. The number of fused-ring (bicyclic) bond motifs is 1. The predicted octanol–water partition coefficient (Wildman–Crippen LogP) is 1.96. The molecule has 0 aromatic carbocycles. The monoisotopic (exact) mass is 440 g/mol. The van der Waals surface area contributed by atoms with Gasteiger partial charge in [-0.2, -0.15) is 0 Å². The second-order valence-electron chi connectivity index (χ2n) is 8.99. The van der Waals surface area contributed by atoms with Gasteiger partial charge in [-0.05, 0) is 39.0 Å². The van der Waals surface area contributed by atoms with Crippen LogP contribution >= 0.6 is 11.8 Å². The Bertz CT molecular complexity index is 684. The first-order valence-corrected chi connectivity index (χ1v) is 12.2. The normalized spacial score (nSPS) is 36.5. The summed E-state index contributed by atoms with van der Waals surface area (Å²) >= 11 is 1.64. The minimum atomic E-state index is -0.684. The fourth-order valence-electron chi connectivity index (χ4n) is 5.90. The molecule has 0 radical (unpaired) electrons. The Labute approximate surface area is 183 Å². The van der Waals surface area contributed by atoms with Crippen molar-refractivity contribution in [3.05, 3.63) is 0 Å². The van der Waals surface area contributed by atoms with E-state index in [9.17, 15) is 19.5 Å². The molecule has 3 aliphatic rings. The SMILES string of the molecule is CCCC(C)NC(=O)C1N([C@@H](CC)CO)C(=O)[C@@H]2[C@@H](C(=O)OCC)[C@H]3CC(C)C12S3. The third-order valence-electron chi connectivity index (χ3n) is 7.18. The smallest absolute Gasteiger partial charge is 0.310 e. The van der Waals surface area contributed by atoms with Gasteiger partial charge in [-0.3, -0.25) is 14.4 Å². The fourth-order valence-corrected chi connectivity index (χ4v) is 8.30. The molecule has 170 valence electrons. The van der Waals surface area contributed by atoms with Gasteiger partial charge in [0.25, 0.3) is 0 Å². The number of carbonyl (C=O) groups excluding carboxylic acids is 3. The molecule has 2 bridgehead atoms. The van der Waals surface area contributed by atoms with Gasteiger partial charge in [-0.25, -0.2) is 0 Å². The van der Waals surface area contributed by atoms with E-state index in [0.717, 1.165) is 19.3 Å². The van der Waals surface area contributed by atoms with Crippen molar-refractivity contribution in [2.24, 2.45) is 17.8 Å². The van der Waals surface area contributed by atoms with E-state index in [4.69, 9.17) is 4.74 Å². The van der Waals surface area contributed by atoms with Crippen LogP contribution in [-0.2, 0) is 19.1 Å². The molecule has 0 aliphatic carbocycles. The number of nitrogens with one attached hydrogen (secondary N) is 1. The van der Waals surface area contributed by atoms with E-state index < -0.39 is 28.7 Å². The molecule has 0 saturated carbocycles. The van der Waals surface area contributed by atoms with Gasteiger partial charge < -0.3 is 20.1 Å². The summed E-state index contributed by atoms with van der Waals surface area (Å²) < 4.78 is 4.68. The summed E-state index contributed by atoms with van der Waals surface area (Å²) in [5.74, 6) is -1.66. The summed E-state index contributed by atoms with van der Waals surface area (Å²) in [5, 5.41) is 13.1. The molecule has 7 nitrogen and oxygen atoms in total. The van der Waals surface area contributed by atoms with Crippen LogP contribution in [0.4, 0.5) is 0 Å². The maximum Gasteiger partial charge on any atom is 0.310 e. The Hall–Kier alpha value is -1.28. The number of aliphatic hydroxyl groups is 1. The number of ether oxygens (including phenoxy) is 1.